The Morgan fingerprint density at radius 1 is 1.27 bits per heavy atom. The normalized spacial score (nSPS) is 19.6. The smallest absolute Gasteiger partial charge is 0.408 e. The van der Waals surface area contributed by atoms with Crippen molar-refractivity contribution >= 4 is 17.0 Å². The second kappa shape index (κ2) is 10.8. The lowest BCUT2D eigenvalue weighted by atomic mass is 9.99. The number of oxazole rings is 1. The van der Waals surface area contributed by atoms with Gasteiger partial charge in [0.2, 0.25) is 0 Å². The molecule has 2 aromatic carbocycles. The van der Waals surface area contributed by atoms with Crippen LogP contribution in [-0.4, -0.2) is 67.4 Å². The molecule has 0 saturated carbocycles. The van der Waals surface area contributed by atoms with Gasteiger partial charge in [0.25, 0.3) is 5.91 Å². The number of ether oxygens (including phenoxy) is 1. The second-order valence-corrected chi connectivity index (χ2v) is 9.87. The molecule has 0 bridgehead atoms. The van der Waals surface area contributed by atoms with Gasteiger partial charge in [0.15, 0.2) is 5.58 Å². The predicted octanol–water partition coefficient (Wildman–Crippen LogP) is 1.89. The molecule has 10 heteroatoms. The van der Waals surface area contributed by atoms with Crippen molar-refractivity contribution < 1.29 is 18.3 Å². The highest BCUT2D eigenvalue weighted by molar-refractivity contribution is 5.82. The predicted molar refractivity (Wildman–Crippen MR) is 135 cm³/mol. The van der Waals surface area contributed by atoms with E-state index in [9.17, 15) is 14.9 Å². The third kappa shape index (κ3) is 5.59. The Bertz CT molecular complexity index is 1380. The zero-order valence-corrected chi connectivity index (χ0v) is 20.7. The number of amides is 1. The Morgan fingerprint density at radius 2 is 2.05 bits per heavy atom. The summed E-state index contributed by atoms with van der Waals surface area (Å²) in [5.74, 6) is -0.853. The maximum absolute atomic E-state index is 15.1. The van der Waals surface area contributed by atoms with E-state index in [0.717, 1.165) is 31.6 Å². The summed E-state index contributed by atoms with van der Waals surface area (Å²) in [6, 6.07) is 11.3. The maximum atomic E-state index is 15.1. The van der Waals surface area contributed by atoms with Gasteiger partial charge in [-0.2, -0.15) is 5.26 Å². The molecule has 0 radical (unpaired) electrons. The first-order valence-electron chi connectivity index (χ1n) is 12.5. The molecular formula is C27H30FN5O4. The number of fused-ring (bicyclic) bond motifs is 1. The van der Waals surface area contributed by atoms with Crippen molar-refractivity contribution in [2.75, 3.05) is 39.8 Å². The van der Waals surface area contributed by atoms with Gasteiger partial charge in [-0.3, -0.25) is 9.36 Å². The van der Waals surface area contributed by atoms with E-state index in [0.29, 0.717) is 47.8 Å². The number of carbonyl (C=O) groups excluding carboxylic acids is 1. The van der Waals surface area contributed by atoms with Crippen LogP contribution < -0.4 is 16.4 Å². The van der Waals surface area contributed by atoms with Crippen LogP contribution in [0.5, 0.6) is 0 Å². The molecule has 2 atom stereocenters. The topological polar surface area (TPSA) is 113 Å². The molecule has 1 aromatic heterocycles. The molecule has 3 aromatic rings. The van der Waals surface area contributed by atoms with Gasteiger partial charge < -0.3 is 24.7 Å². The second-order valence-electron chi connectivity index (χ2n) is 9.87. The van der Waals surface area contributed by atoms with Gasteiger partial charge in [0.1, 0.15) is 18.0 Å². The lowest BCUT2D eigenvalue weighted by Gasteiger charge is -2.36. The summed E-state index contributed by atoms with van der Waals surface area (Å²) in [5, 5.41) is 15.4. The summed E-state index contributed by atoms with van der Waals surface area (Å²) in [4.78, 5) is 27.1. The van der Waals surface area contributed by atoms with E-state index in [1.165, 1.54) is 6.07 Å². The number of benzene rings is 2. The molecule has 0 aliphatic carbocycles. The summed E-state index contributed by atoms with van der Waals surface area (Å²) in [7, 11) is 2.04. The Balaban J connectivity index is 1.31. The number of carbonyl (C=O) groups is 1. The molecule has 2 fully saturated rings. The van der Waals surface area contributed by atoms with Crippen LogP contribution in [-0.2, 0) is 22.5 Å². The Labute approximate surface area is 213 Å². The Morgan fingerprint density at radius 3 is 2.81 bits per heavy atom. The minimum absolute atomic E-state index is 0.0324. The van der Waals surface area contributed by atoms with Crippen molar-refractivity contribution in [2.45, 2.75) is 31.5 Å². The number of hydrogen-bond donors (Lipinski definition) is 2. The molecule has 5 rings (SSSR count). The molecule has 37 heavy (non-hydrogen) atoms. The van der Waals surface area contributed by atoms with Crippen molar-refractivity contribution in [3.8, 4) is 17.2 Å². The Kier molecular flexibility index (Phi) is 7.37. The first kappa shape index (κ1) is 25.1. The fourth-order valence-corrected chi connectivity index (χ4v) is 5.01. The number of hydrogen-bond acceptors (Lipinski definition) is 7. The van der Waals surface area contributed by atoms with Gasteiger partial charge in [-0.15, -0.1) is 0 Å². The standard InChI is InChI=1S/C27H30FN5O4/c1-32-14-17(15-32)16-33-23-11-19(5-6-24(23)37-27(33)35)18-3-4-20(22(28)10-18)9-21(12-29)31-26(34)25-13-30-7-2-8-36-25/h3-6,10-11,17,21,25,30H,2,7-9,13-16H2,1H3,(H,31,34)/t21-,25-/m0/s1. The van der Waals surface area contributed by atoms with E-state index in [1.54, 1.807) is 28.8 Å². The quantitative estimate of drug-likeness (QED) is 0.502. The van der Waals surface area contributed by atoms with Crippen LogP contribution in [0.2, 0.25) is 0 Å². The van der Waals surface area contributed by atoms with E-state index in [-0.39, 0.29) is 12.3 Å². The van der Waals surface area contributed by atoms with Crippen LogP contribution in [0, 0.1) is 23.1 Å². The molecule has 9 nitrogen and oxygen atoms in total. The molecule has 2 N–H and O–H groups in total. The monoisotopic (exact) mass is 507 g/mol. The highest BCUT2D eigenvalue weighted by Gasteiger charge is 2.26. The maximum Gasteiger partial charge on any atom is 0.419 e. The molecular weight excluding hydrogens is 477 g/mol. The van der Waals surface area contributed by atoms with Gasteiger partial charge in [0, 0.05) is 45.1 Å². The largest absolute Gasteiger partial charge is 0.419 e. The number of halogens is 1. The van der Waals surface area contributed by atoms with Gasteiger partial charge in [0.05, 0.1) is 11.6 Å². The van der Waals surface area contributed by atoms with Crippen LogP contribution in [0.4, 0.5) is 4.39 Å². The van der Waals surface area contributed by atoms with Crippen LogP contribution >= 0.6 is 0 Å². The molecule has 0 spiro atoms. The third-order valence-electron chi connectivity index (χ3n) is 6.97. The molecule has 2 aliphatic rings. The zero-order valence-electron chi connectivity index (χ0n) is 20.7. The number of aromatic nitrogens is 1. The van der Waals surface area contributed by atoms with Crippen molar-refractivity contribution in [3.63, 3.8) is 0 Å². The van der Waals surface area contributed by atoms with Crippen LogP contribution in [0.15, 0.2) is 45.6 Å². The SMILES string of the molecule is CN1CC(Cn2c(=O)oc3ccc(-c4ccc(C[C@@H](C#N)NC(=O)[C@@H]5CNCCCO5)c(F)c4)cc32)C1. The van der Waals surface area contributed by atoms with E-state index in [1.807, 2.05) is 19.2 Å². The average molecular weight is 508 g/mol. The summed E-state index contributed by atoms with van der Waals surface area (Å²) >= 11 is 0. The molecule has 194 valence electrons. The van der Waals surface area contributed by atoms with Crippen LogP contribution in [0.1, 0.15) is 12.0 Å². The molecule has 1 amide bonds. The first-order chi connectivity index (χ1) is 17.9. The highest BCUT2D eigenvalue weighted by atomic mass is 19.1. The molecule has 2 aliphatic heterocycles. The number of nitriles is 1. The average Bonchev–Trinajstić information content (AvgIpc) is 3.03. The fraction of sp³-hybridized carbons (Fsp3) is 0.444. The van der Waals surface area contributed by atoms with E-state index in [4.69, 9.17) is 9.15 Å². The lowest BCUT2D eigenvalue weighted by Crippen LogP contribution is -2.46. The van der Waals surface area contributed by atoms with Crippen LogP contribution in [0.3, 0.4) is 0 Å². The van der Waals surface area contributed by atoms with E-state index >= 15 is 4.39 Å². The van der Waals surface area contributed by atoms with E-state index < -0.39 is 23.7 Å². The summed E-state index contributed by atoms with van der Waals surface area (Å²) in [6.45, 7) is 4.06. The van der Waals surface area contributed by atoms with E-state index in [2.05, 4.69) is 15.5 Å². The molecule has 0 unspecified atom stereocenters. The minimum Gasteiger partial charge on any atom is -0.408 e. The number of nitrogens with one attached hydrogen (secondary N) is 2. The third-order valence-corrected chi connectivity index (χ3v) is 6.97. The van der Waals surface area contributed by atoms with Gasteiger partial charge in [-0.25, -0.2) is 9.18 Å². The molecule has 3 heterocycles. The zero-order chi connectivity index (χ0) is 25.9. The lowest BCUT2D eigenvalue weighted by molar-refractivity contribution is -0.132. The number of rotatable bonds is 7. The van der Waals surface area contributed by atoms with Crippen molar-refractivity contribution in [1.82, 2.24) is 20.1 Å². The highest BCUT2D eigenvalue weighted by Crippen LogP contribution is 2.27. The molecule has 2 saturated heterocycles. The minimum atomic E-state index is -0.887. The fourth-order valence-electron chi connectivity index (χ4n) is 5.01. The summed E-state index contributed by atoms with van der Waals surface area (Å²) in [5.41, 5.74) is 2.90. The number of nitrogens with zero attached hydrogens (tertiary/aromatic N) is 3. The first-order valence-corrected chi connectivity index (χ1v) is 12.5. The summed E-state index contributed by atoms with van der Waals surface area (Å²) in [6.07, 6.45) is 0.170. The summed E-state index contributed by atoms with van der Waals surface area (Å²) < 4.78 is 27.7. The van der Waals surface area contributed by atoms with Crippen molar-refractivity contribution in [1.29, 1.82) is 5.26 Å². The van der Waals surface area contributed by atoms with Crippen molar-refractivity contribution in [2.24, 2.45) is 5.92 Å². The number of likely N-dealkylation sites (tertiary alicyclic amines) is 1. The Hall–Kier alpha value is -3.52. The van der Waals surface area contributed by atoms with Crippen molar-refractivity contribution in [3.05, 3.63) is 58.3 Å². The van der Waals surface area contributed by atoms with Gasteiger partial charge in [-0.1, -0.05) is 18.2 Å². The van der Waals surface area contributed by atoms with Gasteiger partial charge >= 0.3 is 5.76 Å². The van der Waals surface area contributed by atoms with Crippen LogP contribution in [0.25, 0.3) is 22.2 Å². The van der Waals surface area contributed by atoms with Gasteiger partial charge in [-0.05, 0) is 54.9 Å².